The van der Waals surface area contributed by atoms with Crippen molar-refractivity contribution in [2.45, 2.75) is 18.7 Å². The molecular formula is C12H17FO2S. The van der Waals surface area contributed by atoms with Gasteiger partial charge in [0.05, 0.1) is 28.1 Å². The van der Waals surface area contributed by atoms with Gasteiger partial charge in [0.15, 0.2) is 0 Å². The second-order valence-electron chi connectivity index (χ2n) is 3.95. The molecule has 0 aromatic heterocycles. The lowest BCUT2D eigenvalue weighted by Crippen LogP contribution is -2.10. The van der Waals surface area contributed by atoms with Crippen LogP contribution in [0, 0.1) is 11.7 Å². The lowest BCUT2D eigenvalue weighted by Gasteiger charge is -2.07. The third kappa shape index (κ3) is 4.41. The summed E-state index contributed by atoms with van der Waals surface area (Å²) in [6.07, 6.45) is 0. The summed E-state index contributed by atoms with van der Waals surface area (Å²) in [6.45, 7) is 5.15. The Morgan fingerprint density at radius 3 is 2.69 bits per heavy atom. The van der Waals surface area contributed by atoms with Crippen molar-refractivity contribution in [1.82, 2.24) is 0 Å². The summed E-state index contributed by atoms with van der Waals surface area (Å²) in [5.74, 6) is 0.389. The summed E-state index contributed by atoms with van der Waals surface area (Å²) in [4.78, 5) is 0.260. The van der Waals surface area contributed by atoms with E-state index in [1.54, 1.807) is 18.2 Å². The summed E-state index contributed by atoms with van der Waals surface area (Å²) in [6, 6.07) is 6.15. The maximum absolute atomic E-state index is 13.2. The van der Waals surface area contributed by atoms with Crippen LogP contribution in [0.4, 0.5) is 4.39 Å². The second-order valence-corrected chi connectivity index (χ2v) is 5.49. The second kappa shape index (κ2) is 6.76. The average molecular weight is 244 g/mol. The molecule has 1 aromatic carbocycles. The Hall–Kier alpha value is -0.740. The van der Waals surface area contributed by atoms with Crippen LogP contribution in [0.1, 0.15) is 13.8 Å². The van der Waals surface area contributed by atoms with Gasteiger partial charge in [-0.2, -0.15) is 0 Å². The van der Waals surface area contributed by atoms with Crippen LogP contribution in [0.25, 0.3) is 0 Å². The summed E-state index contributed by atoms with van der Waals surface area (Å²) >= 11 is 0. The van der Waals surface area contributed by atoms with E-state index in [-0.39, 0.29) is 4.90 Å². The van der Waals surface area contributed by atoms with Crippen molar-refractivity contribution in [3.8, 4) is 0 Å². The van der Waals surface area contributed by atoms with E-state index >= 15 is 0 Å². The van der Waals surface area contributed by atoms with Gasteiger partial charge in [-0.3, -0.25) is 4.21 Å². The molecule has 0 N–H and O–H groups in total. The normalized spacial score (nSPS) is 13.0. The highest BCUT2D eigenvalue weighted by Gasteiger charge is 2.08. The van der Waals surface area contributed by atoms with Gasteiger partial charge in [-0.15, -0.1) is 0 Å². The van der Waals surface area contributed by atoms with Gasteiger partial charge >= 0.3 is 0 Å². The Morgan fingerprint density at radius 1 is 1.38 bits per heavy atom. The van der Waals surface area contributed by atoms with E-state index < -0.39 is 16.6 Å². The molecule has 0 fully saturated rings. The molecule has 0 radical (unpaired) electrons. The molecule has 0 saturated carbocycles. The standard InChI is InChI=1S/C12H17FO2S/c1-10(2)9-15-7-8-16(14)12-6-4-3-5-11(12)13/h3-6,10H,7-9H2,1-2H3. The first-order chi connectivity index (χ1) is 7.61. The van der Waals surface area contributed by atoms with E-state index in [0.29, 0.717) is 24.9 Å². The molecule has 4 heteroatoms. The largest absolute Gasteiger partial charge is 0.380 e. The van der Waals surface area contributed by atoms with Crippen LogP contribution < -0.4 is 0 Å². The molecule has 0 amide bonds. The van der Waals surface area contributed by atoms with E-state index in [1.165, 1.54) is 6.07 Å². The third-order valence-electron chi connectivity index (χ3n) is 1.95. The van der Waals surface area contributed by atoms with Crippen LogP contribution in [0.15, 0.2) is 29.2 Å². The van der Waals surface area contributed by atoms with E-state index in [0.717, 1.165) is 0 Å². The van der Waals surface area contributed by atoms with Gasteiger partial charge in [-0.05, 0) is 18.1 Å². The van der Waals surface area contributed by atoms with Crippen LogP contribution >= 0.6 is 0 Å². The zero-order chi connectivity index (χ0) is 12.0. The minimum absolute atomic E-state index is 0.260. The third-order valence-corrected chi connectivity index (χ3v) is 3.31. The molecule has 1 atom stereocenters. The Morgan fingerprint density at radius 2 is 2.06 bits per heavy atom. The summed E-state index contributed by atoms with van der Waals surface area (Å²) < 4.78 is 30.3. The highest BCUT2D eigenvalue weighted by molar-refractivity contribution is 7.85. The van der Waals surface area contributed by atoms with Crippen molar-refractivity contribution < 1.29 is 13.3 Å². The molecule has 0 spiro atoms. The molecular weight excluding hydrogens is 227 g/mol. The molecule has 1 rings (SSSR count). The van der Waals surface area contributed by atoms with E-state index in [1.807, 2.05) is 13.8 Å². The molecule has 2 nitrogen and oxygen atoms in total. The van der Waals surface area contributed by atoms with Crippen molar-refractivity contribution in [3.63, 3.8) is 0 Å². The van der Waals surface area contributed by atoms with Crippen LogP contribution in [-0.4, -0.2) is 23.2 Å². The first-order valence-corrected chi connectivity index (χ1v) is 6.64. The first-order valence-electron chi connectivity index (χ1n) is 5.32. The number of hydrogen-bond acceptors (Lipinski definition) is 2. The van der Waals surface area contributed by atoms with Gasteiger partial charge in [-0.1, -0.05) is 26.0 Å². The van der Waals surface area contributed by atoms with Crippen LogP contribution in [-0.2, 0) is 15.5 Å². The molecule has 1 unspecified atom stereocenters. The van der Waals surface area contributed by atoms with E-state index in [4.69, 9.17) is 4.74 Å². The zero-order valence-corrected chi connectivity index (χ0v) is 10.4. The molecule has 1 aromatic rings. The van der Waals surface area contributed by atoms with Crippen LogP contribution in [0.2, 0.25) is 0 Å². The Bertz CT molecular complexity index is 353. The lowest BCUT2D eigenvalue weighted by molar-refractivity contribution is 0.123. The summed E-state index contributed by atoms with van der Waals surface area (Å²) in [7, 11) is -1.31. The molecule has 0 saturated heterocycles. The Balaban J connectivity index is 2.39. The minimum atomic E-state index is -1.31. The fraction of sp³-hybridized carbons (Fsp3) is 0.500. The van der Waals surface area contributed by atoms with Gasteiger partial charge in [0.25, 0.3) is 0 Å². The van der Waals surface area contributed by atoms with Crippen molar-refractivity contribution >= 4 is 10.8 Å². The summed E-state index contributed by atoms with van der Waals surface area (Å²) in [5, 5.41) is 0. The quantitative estimate of drug-likeness (QED) is 0.719. The maximum Gasteiger partial charge on any atom is 0.139 e. The van der Waals surface area contributed by atoms with E-state index in [9.17, 15) is 8.60 Å². The summed E-state index contributed by atoms with van der Waals surface area (Å²) in [5.41, 5.74) is 0. The monoisotopic (exact) mass is 244 g/mol. The molecule has 0 aliphatic rings. The molecule has 0 bridgehead atoms. The van der Waals surface area contributed by atoms with Gasteiger partial charge in [0.2, 0.25) is 0 Å². The smallest absolute Gasteiger partial charge is 0.139 e. The van der Waals surface area contributed by atoms with Crippen molar-refractivity contribution in [3.05, 3.63) is 30.1 Å². The van der Waals surface area contributed by atoms with Crippen LogP contribution in [0.3, 0.4) is 0 Å². The predicted octanol–water partition coefficient (Wildman–Crippen LogP) is 2.61. The SMILES string of the molecule is CC(C)COCCS(=O)c1ccccc1F. The average Bonchev–Trinajstić information content (AvgIpc) is 2.24. The fourth-order valence-electron chi connectivity index (χ4n) is 1.19. The van der Waals surface area contributed by atoms with Crippen molar-refractivity contribution in [2.75, 3.05) is 19.0 Å². The first kappa shape index (κ1) is 13.3. The molecule has 0 heterocycles. The van der Waals surface area contributed by atoms with Gasteiger partial charge in [0.1, 0.15) is 5.82 Å². The minimum Gasteiger partial charge on any atom is -0.380 e. The molecule has 90 valence electrons. The van der Waals surface area contributed by atoms with Gasteiger partial charge in [0, 0.05) is 6.61 Å². The number of benzene rings is 1. The van der Waals surface area contributed by atoms with Gasteiger partial charge in [-0.25, -0.2) is 4.39 Å². The van der Waals surface area contributed by atoms with E-state index in [2.05, 4.69) is 0 Å². The van der Waals surface area contributed by atoms with Crippen molar-refractivity contribution in [2.24, 2.45) is 5.92 Å². The molecule has 0 aliphatic carbocycles. The van der Waals surface area contributed by atoms with Crippen molar-refractivity contribution in [1.29, 1.82) is 0 Å². The van der Waals surface area contributed by atoms with Gasteiger partial charge < -0.3 is 4.74 Å². The Kier molecular flexibility index (Phi) is 5.63. The lowest BCUT2D eigenvalue weighted by atomic mass is 10.2. The topological polar surface area (TPSA) is 26.3 Å². The molecule has 0 aliphatic heterocycles. The fourth-order valence-corrected chi connectivity index (χ4v) is 2.20. The highest BCUT2D eigenvalue weighted by Crippen LogP contribution is 2.11. The number of rotatable bonds is 6. The Labute approximate surface area is 98.3 Å². The number of ether oxygens (including phenoxy) is 1. The number of hydrogen-bond donors (Lipinski definition) is 0. The molecule has 16 heavy (non-hydrogen) atoms. The zero-order valence-electron chi connectivity index (χ0n) is 9.61. The maximum atomic E-state index is 13.2. The predicted molar refractivity (Wildman–Crippen MR) is 63.3 cm³/mol. The number of halogens is 1. The van der Waals surface area contributed by atoms with Crippen LogP contribution in [0.5, 0.6) is 0 Å². The highest BCUT2D eigenvalue weighted by atomic mass is 32.2.